The summed E-state index contributed by atoms with van der Waals surface area (Å²) in [5.74, 6) is 0. The summed E-state index contributed by atoms with van der Waals surface area (Å²) in [6.07, 6.45) is 0. The van der Waals surface area contributed by atoms with Gasteiger partial charge in [-0.05, 0) is 29.8 Å². The van der Waals surface area contributed by atoms with Gasteiger partial charge in [-0.1, -0.05) is 47.6 Å². The van der Waals surface area contributed by atoms with Crippen LogP contribution in [0.2, 0.25) is 5.02 Å². The second-order valence-electron chi connectivity index (χ2n) is 4.34. The summed E-state index contributed by atoms with van der Waals surface area (Å²) in [6, 6.07) is 16.3. The van der Waals surface area contributed by atoms with E-state index in [-0.39, 0.29) is 0 Å². The number of halogens is 1. The van der Waals surface area contributed by atoms with Gasteiger partial charge in [-0.2, -0.15) is 0 Å². The van der Waals surface area contributed by atoms with Crippen LogP contribution in [0.3, 0.4) is 0 Å². The summed E-state index contributed by atoms with van der Waals surface area (Å²) >= 11 is 7.77. The normalized spacial score (nSPS) is 10.7. The van der Waals surface area contributed by atoms with Crippen molar-refractivity contribution in [3.05, 3.63) is 59.1 Å². The highest BCUT2D eigenvalue weighted by molar-refractivity contribution is 7.99. The van der Waals surface area contributed by atoms with E-state index in [1.807, 2.05) is 18.2 Å². The molecule has 0 aliphatic heterocycles. The van der Waals surface area contributed by atoms with Crippen molar-refractivity contribution in [2.24, 2.45) is 0 Å². The molecule has 2 aromatic carbocycles. The number of nitrogens with one attached hydrogen (secondary N) is 1. The Bertz CT molecular complexity index is 548. The van der Waals surface area contributed by atoms with Gasteiger partial charge < -0.3 is 10.1 Å². The van der Waals surface area contributed by atoms with Crippen LogP contribution < -0.4 is 5.32 Å². The van der Waals surface area contributed by atoms with E-state index >= 15 is 0 Å². The maximum atomic E-state index is 6.03. The Morgan fingerprint density at radius 1 is 1.15 bits per heavy atom. The minimum absolute atomic E-state index is 0.726. The SMILES string of the molecule is COCCNCc1ccccc1Sc1cccc(Cl)c1. The molecule has 0 radical (unpaired) electrons. The molecule has 0 aliphatic carbocycles. The van der Waals surface area contributed by atoms with Crippen LogP contribution in [-0.2, 0) is 11.3 Å². The average molecular weight is 308 g/mol. The van der Waals surface area contributed by atoms with Gasteiger partial charge in [0.05, 0.1) is 6.61 Å². The van der Waals surface area contributed by atoms with E-state index < -0.39 is 0 Å². The third-order valence-corrected chi connectivity index (χ3v) is 4.14. The van der Waals surface area contributed by atoms with Crippen LogP contribution in [0.1, 0.15) is 5.56 Å². The summed E-state index contributed by atoms with van der Waals surface area (Å²) in [4.78, 5) is 2.40. The fourth-order valence-electron chi connectivity index (χ4n) is 1.80. The molecule has 0 atom stereocenters. The van der Waals surface area contributed by atoms with Gasteiger partial charge in [0.25, 0.3) is 0 Å². The number of ether oxygens (including phenoxy) is 1. The van der Waals surface area contributed by atoms with Gasteiger partial charge in [-0.15, -0.1) is 0 Å². The van der Waals surface area contributed by atoms with Crippen molar-refractivity contribution in [3.63, 3.8) is 0 Å². The first-order chi connectivity index (χ1) is 9.79. The Balaban J connectivity index is 2.03. The summed E-state index contributed by atoms with van der Waals surface area (Å²) in [5, 5.41) is 4.14. The molecule has 0 aromatic heterocycles. The number of rotatable bonds is 7. The standard InChI is InChI=1S/C16H18ClNOS/c1-19-10-9-18-12-13-5-2-3-8-16(13)20-15-7-4-6-14(17)11-15/h2-8,11,18H,9-10,12H2,1H3. The number of hydrogen-bond acceptors (Lipinski definition) is 3. The Hall–Kier alpha value is -1.00. The Kier molecular flexibility index (Phi) is 6.40. The molecular weight excluding hydrogens is 290 g/mol. The van der Waals surface area contributed by atoms with E-state index in [0.29, 0.717) is 0 Å². The molecule has 2 nitrogen and oxygen atoms in total. The lowest BCUT2D eigenvalue weighted by Crippen LogP contribution is -2.18. The number of benzene rings is 2. The molecule has 0 saturated carbocycles. The smallest absolute Gasteiger partial charge is 0.0587 e. The minimum atomic E-state index is 0.726. The molecule has 0 amide bonds. The van der Waals surface area contributed by atoms with Crippen LogP contribution in [0.5, 0.6) is 0 Å². The van der Waals surface area contributed by atoms with Gasteiger partial charge in [0.2, 0.25) is 0 Å². The molecule has 20 heavy (non-hydrogen) atoms. The van der Waals surface area contributed by atoms with Crippen LogP contribution >= 0.6 is 23.4 Å². The fourth-order valence-corrected chi connectivity index (χ4v) is 3.06. The maximum Gasteiger partial charge on any atom is 0.0587 e. The van der Waals surface area contributed by atoms with Crippen molar-refractivity contribution in [1.29, 1.82) is 0 Å². The van der Waals surface area contributed by atoms with E-state index in [0.717, 1.165) is 29.6 Å². The van der Waals surface area contributed by atoms with Crippen LogP contribution in [0.4, 0.5) is 0 Å². The van der Waals surface area contributed by atoms with Gasteiger partial charge in [0.1, 0.15) is 0 Å². The zero-order valence-corrected chi connectivity index (χ0v) is 13.0. The van der Waals surface area contributed by atoms with E-state index in [1.165, 1.54) is 10.5 Å². The van der Waals surface area contributed by atoms with Crippen molar-refractivity contribution < 1.29 is 4.74 Å². The third-order valence-electron chi connectivity index (χ3n) is 2.79. The Labute approximate surface area is 129 Å². The molecule has 1 N–H and O–H groups in total. The lowest BCUT2D eigenvalue weighted by molar-refractivity contribution is 0.199. The van der Waals surface area contributed by atoms with Crippen LogP contribution in [0.15, 0.2) is 58.3 Å². The average Bonchev–Trinajstić information content (AvgIpc) is 2.45. The summed E-state index contributed by atoms with van der Waals surface area (Å²) in [5.41, 5.74) is 1.29. The Morgan fingerprint density at radius 2 is 2.00 bits per heavy atom. The predicted octanol–water partition coefficient (Wildman–Crippen LogP) is 4.23. The van der Waals surface area contributed by atoms with Crippen molar-refractivity contribution in [2.75, 3.05) is 20.3 Å². The second-order valence-corrected chi connectivity index (χ2v) is 5.89. The zero-order valence-electron chi connectivity index (χ0n) is 11.4. The zero-order chi connectivity index (χ0) is 14.2. The molecule has 106 valence electrons. The van der Waals surface area contributed by atoms with Gasteiger partial charge >= 0.3 is 0 Å². The van der Waals surface area contributed by atoms with Gasteiger partial charge in [-0.25, -0.2) is 0 Å². The first kappa shape index (κ1) is 15.4. The molecular formula is C16H18ClNOS. The highest BCUT2D eigenvalue weighted by Crippen LogP contribution is 2.31. The molecule has 0 spiro atoms. The highest BCUT2D eigenvalue weighted by atomic mass is 35.5. The molecule has 0 unspecified atom stereocenters. The van der Waals surface area contributed by atoms with Gasteiger partial charge in [-0.3, -0.25) is 0 Å². The lowest BCUT2D eigenvalue weighted by Gasteiger charge is -2.10. The van der Waals surface area contributed by atoms with E-state index in [4.69, 9.17) is 16.3 Å². The number of hydrogen-bond donors (Lipinski definition) is 1. The van der Waals surface area contributed by atoms with Crippen molar-refractivity contribution in [2.45, 2.75) is 16.3 Å². The van der Waals surface area contributed by atoms with Crippen molar-refractivity contribution >= 4 is 23.4 Å². The molecule has 0 aliphatic rings. The quantitative estimate of drug-likeness (QED) is 0.774. The maximum absolute atomic E-state index is 6.03. The molecule has 2 rings (SSSR count). The summed E-state index contributed by atoms with van der Waals surface area (Å²) < 4.78 is 5.04. The van der Waals surface area contributed by atoms with E-state index in [2.05, 4.69) is 35.6 Å². The van der Waals surface area contributed by atoms with Gasteiger partial charge in [0.15, 0.2) is 0 Å². The minimum Gasteiger partial charge on any atom is -0.383 e. The molecule has 0 bridgehead atoms. The highest BCUT2D eigenvalue weighted by Gasteiger charge is 2.04. The van der Waals surface area contributed by atoms with Gasteiger partial charge in [0, 0.05) is 35.0 Å². The third kappa shape index (κ3) is 4.84. The molecule has 0 heterocycles. The summed E-state index contributed by atoms with van der Waals surface area (Å²) in [7, 11) is 1.71. The molecule has 4 heteroatoms. The van der Waals surface area contributed by atoms with Crippen LogP contribution in [0, 0.1) is 0 Å². The van der Waals surface area contributed by atoms with Crippen LogP contribution in [0.25, 0.3) is 0 Å². The van der Waals surface area contributed by atoms with E-state index in [9.17, 15) is 0 Å². The Morgan fingerprint density at radius 3 is 2.80 bits per heavy atom. The monoisotopic (exact) mass is 307 g/mol. The fraction of sp³-hybridized carbons (Fsp3) is 0.250. The lowest BCUT2D eigenvalue weighted by atomic mass is 10.2. The molecule has 2 aromatic rings. The number of methoxy groups -OCH3 is 1. The first-order valence-corrected chi connectivity index (χ1v) is 7.70. The van der Waals surface area contributed by atoms with Crippen LogP contribution in [-0.4, -0.2) is 20.3 Å². The first-order valence-electron chi connectivity index (χ1n) is 6.50. The topological polar surface area (TPSA) is 21.3 Å². The predicted molar refractivity (Wildman–Crippen MR) is 85.6 cm³/mol. The van der Waals surface area contributed by atoms with E-state index in [1.54, 1.807) is 18.9 Å². The van der Waals surface area contributed by atoms with Crippen molar-refractivity contribution in [3.8, 4) is 0 Å². The summed E-state index contributed by atoms with van der Waals surface area (Å²) in [6.45, 7) is 2.42. The molecule has 0 fully saturated rings. The largest absolute Gasteiger partial charge is 0.383 e. The van der Waals surface area contributed by atoms with Crippen molar-refractivity contribution in [1.82, 2.24) is 5.32 Å². The second kappa shape index (κ2) is 8.32. The molecule has 0 saturated heterocycles.